The highest BCUT2D eigenvalue weighted by Crippen LogP contribution is 2.22. The summed E-state index contributed by atoms with van der Waals surface area (Å²) in [5, 5.41) is 12.6. The van der Waals surface area contributed by atoms with Gasteiger partial charge in [0, 0.05) is 23.6 Å². The molecule has 116 valence electrons. The van der Waals surface area contributed by atoms with Crippen molar-refractivity contribution in [2.75, 3.05) is 19.6 Å². The second kappa shape index (κ2) is 7.80. The van der Waals surface area contributed by atoms with Gasteiger partial charge in [-0.05, 0) is 50.9 Å². The van der Waals surface area contributed by atoms with Crippen molar-refractivity contribution in [1.82, 2.24) is 10.2 Å². The van der Waals surface area contributed by atoms with E-state index >= 15 is 0 Å². The molecule has 0 bridgehead atoms. The van der Waals surface area contributed by atoms with Crippen LogP contribution in [-0.2, 0) is 0 Å². The fraction of sp³-hybridized carbons (Fsp3) is 0.562. The lowest BCUT2D eigenvalue weighted by Gasteiger charge is -2.33. The van der Waals surface area contributed by atoms with E-state index in [9.17, 15) is 9.90 Å². The SMILES string of the molecule is CC1CCCCN1CCCNC(=O)c1ccc(Br)cc1O. The zero-order valence-electron chi connectivity index (χ0n) is 12.4. The van der Waals surface area contributed by atoms with Gasteiger partial charge in [-0.3, -0.25) is 4.79 Å². The Labute approximate surface area is 134 Å². The van der Waals surface area contributed by atoms with Gasteiger partial charge in [-0.15, -0.1) is 0 Å². The normalized spacial score (nSPS) is 19.4. The monoisotopic (exact) mass is 354 g/mol. The average Bonchev–Trinajstić information content (AvgIpc) is 2.45. The third kappa shape index (κ3) is 4.71. The van der Waals surface area contributed by atoms with Crippen molar-refractivity contribution < 1.29 is 9.90 Å². The Balaban J connectivity index is 1.74. The van der Waals surface area contributed by atoms with E-state index in [1.165, 1.54) is 31.9 Å². The number of benzene rings is 1. The third-order valence-corrected chi connectivity index (χ3v) is 4.55. The Hall–Kier alpha value is -1.07. The summed E-state index contributed by atoms with van der Waals surface area (Å²) in [6.45, 7) is 5.10. The molecule has 2 rings (SSSR count). The molecular formula is C16H23BrN2O2. The van der Waals surface area contributed by atoms with E-state index < -0.39 is 0 Å². The number of hydrogen-bond donors (Lipinski definition) is 2. The summed E-state index contributed by atoms with van der Waals surface area (Å²) < 4.78 is 0.760. The lowest BCUT2D eigenvalue weighted by atomic mass is 10.0. The van der Waals surface area contributed by atoms with E-state index in [0.717, 1.165) is 17.4 Å². The fourth-order valence-corrected chi connectivity index (χ4v) is 3.11. The number of amides is 1. The topological polar surface area (TPSA) is 52.6 Å². The Morgan fingerprint density at radius 3 is 3.00 bits per heavy atom. The highest BCUT2D eigenvalue weighted by atomic mass is 79.9. The van der Waals surface area contributed by atoms with Crippen molar-refractivity contribution in [2.45, 2.75) is 38.6 Å². The molecule has 0 aromatic heterocycles. The van der Waals surface area contributed by atoms with Crippen LogP contribution in [0.25, 0.3) is 0 Å². The van der Waals surface area contributed by atoms with Crippen molar-refractivity contribution in [3.8, 4) is 5.75 Å². The van der Waals surface area contributed by atoms with Crippen LogP contribution < -0.4 is 5.32 Å². The molecule has 1 amide bonds. The Morgan fingerprint density at radius 2 is 2.29 bits per heavy atom. The van der Waals surface area contributed by atoms with Crippen molar-refractivity contribution in [2.24, 2.45) is 0 Å². The minimum atomic E-state index is -0.216. The number of carbonyl (C=O) groups excluding carboxylic acids is 1. The largest absolute Gasteiger partial charge is 0.507 e. The maximum atomic E-state index is 12.0. The van der Waals surface area contributed by atoms with Crippen LogP contribution in [0.3, 0.4) is 0 Å². The molecule has 1 heterocycles. The lowest BCUT2D eigenvalue weighted by molar-refractivity contribution is 0.0946. The van der Waals surface area contributed by atoms with Crippen LogP contribution >= 0.6 is 15.9 Å². The van der Waals surface area contributed by atoms with Crippen LogP contribution in [-0.4, -0.2) is 41.6 Å². The van der Waals surface area contributed by atoms with Gasteiger partial charge in [0.1, 0.15) is 5.75 Å². The number of carbonyl (C=O) groups is 1. The Morgan fingerprint density at radius 1 is 1.48 bits per heavy atom. The highest BCUT2D eigenvalue weighted by Gasteiger charge is 2.17. The molecule has 0 aliphatic carbocycles. The molecule has 21 heavy (non-hydrogen) atoms. The maximum Gasteiger partial charge on any atom is 0.255 e. The first-order chi connectivity index (χ1) is 10.1. The summed E-state index contributed by atoms with van der Waals surface area (Å²) in [7, 11) is 0. The summed E-state index contributed by atoms with van der Waals surface area (Å²) in [6.07, 6.45) is 4.83. The van der Waals surface area contributed by atoms with Gasteiger partial charge in [0.15, 0.2) is 0 Å². The molecule has 1 aliphatic rings. The zero-order valence-corrected chi connectivity index (χ0v) is 14.0. The first-order valence-corrected chi connectivity index (χ1v) is 8.38. The number of aromatic hydroxyl groups is 1. The molecule has 2 N–H and O–H groups in total. The fourth-order valence-electron chi connectivity index (χ4n) is 2.77. The molecule has 1 aromatic rings. The van der Waals surface area contributed by atoms with E-state index in [-0.39, 0.29) is 11.7 Å². The summed E-state index contributed by atoms with van der Waals surface area (Å²) in [5.41, 5.74) is 0.324. The molecule has 1 aromatic carbocycles. The summed E-state index contributed by atoms with van der Waals surface area (Å²) >= 11 is 3.26. The Bertz CT molecular complexity index is 493. The van der Waals surface area contributed by atoms with Crippen LogP contribution in [0.4, 0.5) is 0 Å². The van der Waals surface area contributed by atoms with Crippen LogP contribution in [0, 0.1) is 0 Å². The van der Waals surface area contributed by atoms with Crippen LogP contribution in [0.5, 0.6) is 5.75 Å². The molecule has 1 unspecified atom stereocenters. The first-order valence-electron chi connectivity index (χ1n) is 7.58. The number of hydrogen-bond acceptors (Lipinski definition) is 3. The quantitative estimate of drug-likeness (QED) is 0.798. The standard InChI is InChI=1S/C16H23BrN2O2/c1-12-5-2-3-9-19(12)10-4-8-18-16(21)14-7-6-13(17)11-15(14)20/h6-7,11-12,20H,2-5,8-10H2,1H3,(H,18,21). The van der Waals surface area contributed by atoms with Gasteiger partial charge in [-0.1, -0.05) is 22.4 Å². The van der Waals surface area contributed by atoms with Gasteiger partial charge >= 0.3 is 0 Å². The van der Waals surface area contributed by atoms with E-state index in [0.29, 0.717) is 18.2 Å². The molecule has 0 spiro atoms. The molecule has 1 saturated heterocycles. The number of piperidine rings is 1. The first kappa shape index (κ1) is 16.3. The van der Waals surface area contributed by atoms with E-state index in [1.54, 1.807) is 12.1 Å². The molecule has 1 fully saturated rings. The second-order valence-electron chi connectivity index (χ2n) is 5.65. The number of likely N-dealkylation sites (tertiary alicyclic amines) is 1. The van der Waals surface area contributed by atoms with Gasteiger partial charge in [0.25, 0.3) is 5.91 Å². The summed E-state index contributed by atoms with van der Waals surface area (Å²) in [4.78, 5) is 14.5. The lowest BCUT2D eigenvalue weighted by Crippen LogP contribution is -2.39. The van der Waals surface area contributed by atoms with Gasteiger partial charge in [-0.25, -0.2) is 0 Å². The van der Waals surface area contributed by atoms with Gasteiger partial charge in [0.05, 0.1) is 5.56 Å². The average molecular weight is 355 g/mol. The minimum absolute atomic E-state index is 0.00604. The number of phenolic OH excluding ortho intramolecular Hbond substituents is 1. The summed E-state index contributed by atoms with van der Waals surface area (Å²) in [5.74, 6) is -0.210. The highest BCUT2D eigenvalue weighted by molar-refractivity contribution is 9.10. The predicted octanol–water partition coefficient (Wildman–Crippen LogP) is 3.15. The van der Waals surface area contributed by atoms with Crippen LogP contribution in [0.1, 0.15) is 43.0 Å². The molecule has 5 heteroatoms. The van der Waals surface area contributed by atoms with Gasteiger partial charge in [0.2, 0.25) is 0 Å². The van der Waals surface area contributed by atoms with E-state index in [1.807, 2.05) is 0 Å². The van der Waals surface area contributed by atoms with Crippen molar-refractivity contribution in [3.63, 3.8) is 0 Å². The van der Waals surface area contributed by atoms with Gasteiger partial charge in [-0.2, -0.15) is 0 Å². The second-order valence-corrected chi connectivity index (χ2v) is 6.57. The smallest absolute Gasteiger partial charge is 0.255 e. The maximum absolute atomic E-state index is 12.0. The zero-order chi connectivity index (χ0) is 15.2. The number of rotatable bonds is 5. The van der Waals surface area contributed by atoms with Crippen LogP contribution in [0.15, 0.2) is 22.7 Å². The number of phenols is 1. The third-order valence-electron chi connectivity index (χ3n) is 4.05. The van der Waals surface area contributed by atoms with E-state index in [4.69, 9.17) is 0 Å². The van der Waals surface area contributed by atoms with Crippen molar-refractivity contribution in [1.29, 1.82) is 0 Å². The molecule has 0 saturated carbocycles. The van der Waals surface area contributed by atoms with Crippen molar-refractivity contribution in [3.05, 3.63) is 28.2 Å². The number of nitrogens with one attached hydrogen (secondary N) is 1. The van der Waals surface area contributed by atoms with Gasteiger partial charge < -0.3 is 15.3 Å². The Kier molecular flexibility index (Phi) is 6.06. The molecule has 1 aliphatic heterocycles. The molecule has 1 atom stereocenters. The number of halogens is 1. The summed E-state index contributed by atoms with van der Waals surface area (Å²) in [6, 6.07) is 5.57. The molecule has 0 radical (unpaired) electrons. The molecule has 4 nitrogen and oxygen atoms in total. The predicted molar refractivity (Wildman–Crippen MR) is 87.6 cm³/mol. The van der Waals surface area contributed by atoms with E-state index in [2.05, 4.69) is 33.1 Å². The van der Waals surface area contributed by atoms with Crippen molar-refractivity contribution >= 4 is 21.8 Å². The molecular weight excluding hydrogens is 332 g/mol. The minimum Gasteiger partial charge on any atom is -0.507 e. The van der Waals surface area contributed by atoms with Crippen LogP contribution in [0.2, 0.25) is 0 Å². The number of nitrogens with zero attached hydrogens (tertiary/aromatic N) is 1.